The normalized spacial score (nSPS) is 19.9. The summed E-state index contributed by atoms with van der Waals surface area (Å²) in [5.41, 5.74) is 1.80. The zero-order valence-corrected chi connectivity index (χ0v) is 21.4. The van der Waals surface area contributed by atoms with E-state index in [-0.39, 0.29) is 29.6 Å². The number of aromatic nitrogens is 1. The maximum Gasteiger partial charge on any atom is 0.248 e. The molecule has 2 aromatic rings. The lowest BCUT2D eigenvalue weighted by Gasteiger charge is -2.35. The first-order valence-corrected chi connectivity index (χ1v) is 13.4. The molecule has 2 aliphatic rings. The summed E-state index contributed by atoms with van der Waals surface area (Å²) in [5, 5.41) is 6.07. The third-order valence-corrected chi connectivity index (χ3v) is 7.72. The van der Waals surface area contributed by atoms with Crippen LogP contribution in [-0.4, -0.2) is 46.2 Å². The highest BCUT2D eigenvalue weighted by Crippen LogP contribution is 2.31. The molecule has 1 aromatic heterocycles. The average molecular weight is 491 g/mol. The molecule has 7 nitrogen and oxygen atoms in total. The number of nitrogens with zero attached hydrogens (tertiary/aromatic N) is 2. The van der Waals surface area contributed by atoms with Crippen LogP contribution in [0.25, 0.3) is 11.1 Å². The SMILES string of the molecule is CC[C@@H](C)C(=O)N[C@H](C(=O)N1CCC[C@H]1C(=O)Nc1ncccc1-c1ccccc1)C1CCCCC1. The molecular formula is C29H38N4O3. The van der Waals surface area contributed by atoms with E-state index in [4.69, 9.17) is 0 Å². The second kappa shape index (κ2) is 12.2. The molecule has 192 valence electrons. The molecule has 3 amide bonds. The summed E-state index contributed by atoms with van der Waals surface area (Å²) in [4.78, 5) is 46.2. The Morgan fingerprint density at radius 2 is 1.75 bits per heavy atom. The molecule has 4 rings (SSSR count). The van der Waals surface area contributed by atoms with Crippen molar-refractivity contribution in [2.45, 2.75) is 77.3 Å². The van der Waals surface area contributed by atoms with Crippen molar-refractivity contribution in [3.8, 4) is 11.1 Å². The first-order chi connectivity index (χ1) is 17.5. The van der Waals surface area contributed by atoms with Crippen molar-refractivity contribution in [1.29, 1.82) is 0 Å². The Hall–Kier alpha value is -3.22. The molecule has 1 aliphatic heterocycles. The Labute approximate surface area is 214 Å². The number of carbonyl (C=O) groups is 3. The highest BCUT2D eigenvalue weighted by molar-refractivity contribution is 6.00. The van der Waals surface area contributed by atoms with Gasteiger partial charge in [0, 0.05) is 24.2 Å². The van der Waals surface area contributed by atoms with Gasteiger partial charge in [0.15, 0.2) is 0 Å². The van der Waals surface area contributed by atoms with Crippen LogP contribution in [0.5, 0.6) is 0 Å². The third kappa shape index (κ3) is 5.94. The van der Waals surface area contributed by atoms with E-state index >= 15 is 0 Å². The summed E-state index contributed by atoms with van der Waals surface area (Å²) in [7, 11) is 0. The van der Waals surface area contributed by atoms with Gasteiger partial charge in [0.2, 0.25) is 17.7 Å². The summed E-state index contributed by atoms with van der Waals surface area (Å²) < 4.78 is 0. The van der Waals surface area contributed by atoms with Gasteiger partial charge in [0.05, 0.1) is 0 Å². The number of nitrogens with one attached hydrogen (secondary N) is 2. The van der Waals surface area contributed by atoms with Gasteiger partial charge in [0.25, 0.3) is 0 Å². The van der Waals surface area contributed by atoms with Gasteiger partial charge in [-0.1, -0.05) is 63.4 Å². The van der Waals surface area contributed by atoms with Crippen molar-refractivity contribution in [3.05, 3.63) is 48.7 Å². The van der Waals surface area contributed by atoms with Gasteiger partial charge in [-0.2, -0.15) is 0 Å². The van der Waals surface area contributed by atoms with E-state index in [0.717, 1.165) is 49.7 Å². The molecule has 0 radical (unpaired) electrons. The Balaban J connectivity index is 1.52. The Morgan fingerprint density at radius 1 is 1.00 bits per heavy atom. The van der Waals surface area contributed by atoms with Crippen LogP contribution in [0.1, 0.15) is 65.2 Å². The minimum absolute atomic E-state index is 0.0809. The minimum Gasteiger partial charge on any atom is -0.344 e. The molecule has 2 heterocycles. The summed E-state index contributed by atoms with van der Waals surface area (Å²) in [6.07, 6.45) is 8.89. The predicted octanol–water partition coefficient (Wildman–Crippen LogP) is 4.79. The van der Waals surface area contributed by atoms with Crippen molar-refractivity contribution in [3.63, 3.8) is 0 Å². The molecule has 0 spiro atoms. The zero-order valence-electron chi connectivity index (χ0n) is 21.4. The monoisotopic (exact) mass is 490 g/mol. The molecule has 7 heteroatoms. The van der Waals surface area contributed by atoms with Crippen LogP contribution in [0, 0.1) is 11.8 Å². The number of benzene rings is 1. The van der Waals surface area contributed by atoms with Crippen LogP contribution < -0.4 is 10.6 Å². The first kappa shape index (κ1) is 25.9. The van der Waals surface area contributed by atoms with E-state index in [1.54, 1.807) is 11.1 Å². The van der Waals surface area contributed by atoms with E-state index in [9.17, 15) is 14.4 Å². The zero-order chi connectivity index (χ0) is 25.5. The van der Waals surface area contributed by atoms with E-state index in [1.165, 1.54) is 6.42 Å². The number of hydrogen-bond donors (Lipinski definition) is 2. The molecule has 2 fully saturated rings. The molecule has 1 aromatic carbocycles. The molecule has 36 heavy (non-hydrogen) atoms. The Kier molecular flexibility index (Phi) is 8.73. The van der Waals surface area contributed by atoms with Crippen molar-refractivity contribution in [2.24, 2.45) is 11.8 Å². The molecule has 3 atom stereocenters. The van der Waals surface area contributed by atoms with E-state index in [2.05, 4.69) is 15.6 Å². The lowest BCUT2D eigenvalue weighted by molar-refractivity contribution is -0.142. The van der Waals surface area contributed by atoms with Gasteiger partial charge in [0.1, 0.15) is 17.9 Å². The molecule has 1 saturated carbocycles. The van der Waals surface area contributed by atoms with Crippen LogP contribution in [0.4, 0.5) is 5.82 Å². The fourth-order valence-electron chi connectivity index (χ4n) is 5.37. The van der Waals surface area contributed by atoms with Crippen LogP contribution >= 0.6 is 0 Å². The standard InChI is InChI=1S/C29H38N4O3/c1-3-20(2)27(34)31-25(22-14-8-5-9-15-22)29(36)33-19-11-17-24(33)28(35)32-26-23(16-10-18-30-26)21-12-6-4-7-13-21/h4,6-7,10,12-13,16,18,20,22,24-25H,3,5,8-9,11,14-15,17,19H2,1-2H3,(H,31,34)(H,30,32,35)/t20-,24+,25+/m1/s1. The quantitative estimate of drug-likeness (QED) is 0.557. The van der Waals surface area contributed by atoms with E-state index < -0.39 is 12.1 Å². The molecule has 2 N–H and O–H groups in total. The summed E-state index contributed by atoms with van der Waals surface area (Å²) in [5.74, 6) is 0.0172. The smallest absolute Gasteiger partial charge is 0.248 e. The van der Waals surface area contributed by atoms with Crippen molar-refractivity contribution >= 4 is 23.5 Å². The first-order valence-electron chi connectivity index (χ1n) is 13.4. The predicted molar refractivity (Wildman–Crippen MR) is 141 cm³/mol. The number of pyridine rings is 1. The molecule has 1 saturated heterocycles. The minimum atomic E-state index is -0.574. The topological polar surface area (TPSA) is 91.4 Å². The third-order valence-electron chi connectivity index (χ3n) is 7.72. The summed E-state index contributed by atoms with van der Waals surface area (Å²) >= 11 is 0. The lowest BCUT2D eigenvalue weighted by Crippen LogP contribution is -2.56. The maximum absolute atomic E-state index is 13.9. The Morgan fingerprint density at radius 3 is 2.47 bits per heavy atom. The number of hydrogen-bond acceptors (Lipinski definition) is 4. The number of amides is 3. The van der Waals surface area contributed by atoms with Gasteiger partial charge in [-0.05, 0) is 55.7 Å². The number of rotatable bonds is 8. The van der Waals surface area contributed by atoms with Crippen LogP contribution in [0.3, 0.4) is 0 Å². The van der Waals surface area contributed by atoms with Gasteiger partial charge >= 0.3 is 0 Å². The van der Waals surface area contributed by atoms with Gasteiger partial charge < -0.3 is 15.5 Å². The molecule has 1 aliphatic carbocycles. The molecule has 0 unspecified atom stereocenters. The molecular weight excluding hydrogens is 452 g/mol. The van der Waals surface area contributed by atoms with E-state index in [0.29, 0.717) is 18.8 Å². The van der Waals surface area contributed by atoms with Crippen molar-refractivity contribution in [2.75, 3.05) is 11.9 Å². The maximum atomic E-state index is 13.9. The highest BCUT2D eigenvalue weighted by Gasteiger charge is 2.41. The fraction of sp³-hybridized carbons (Fsp3) is 0.517. The van der Waals surface area contributed by atoms with Crippen LogP contribution in [-0.2, 0) is 14.4 Å². The van der Waals surface area contributed by atoms with Gasteiger partial charge in [-0.3, -0.25) is 14.4 Å². The van der Waals surface area contributed by atoms with E-state index in [1.807, 2.05) is 56.3 Å². The number of carbonyl (C=O) groups excluding carboxylic acids is 3. The fourth-order valence-corrected chi connectivity index (χ4v) is 5.37. The number of anilines is 1. The van der Waals surface area contributed by atoms with Gasteiger partial charge in [-0.25, -0.2) is 4.98 Å². The second-order valence-corrected chi connectivity index (χ2v) is 10.1. The van der Waals surface area contributed by atoms with Crippen LogP contribution in [0.2, 0.25) is 0 Å². The Bertz CT molecular complexity index is 1050. The van der Waals surface area contributed by atoms with Crippen molar-refractivity contribution < 1.29 is 14.4 Å². The van der Waals surface area contributed by atoms with Gasteiger partial charge in [-0.15, -0.1) is 0 Å². The average Bonchev–Trinajstić information content (AvgIpc) is 3.42. The summed E-state index contributed by atoms with van der Waals surface area (Å²) in [6.45, 7) is 4.39. The number of likely N-dealkylation sites (tertiary alicyclic amines) is 1. The van der Waals surface area contributed by atoms with Crippen molar-refractivity contribution in [1.82, 2.24) is 15.2 Å². The largest absolute Gasteiger partial charge is 0.344 e. The second-order valence-electron chi connectivity index (χ2n) is 10.1. The van der Waals surface area contributed by atoms with Crippen LogP contribution in [0.15, 0.2) is 48.7 Å². The molecule has 0 bridgehead atoms. The highest BCUT2D eigenvalue weighted by atomic mass is 16.2. The lowest BCUT2D eigenvalue weighted by atomic mass is 9.83. The summed E-state index contributed by atoms with van der Waals surface area (Å²) in [6, 6.07) is 12.4.